The van der Waals surface area contributed by atoms with E-state index in [1.165, 1.54) is 11.1 Å². The van der Waals surface area contributed by atoms with Gasteiger partial charge < -0.3 is 4.74 Å². The fourth-order valence-corrected chi connectivity index (χ4v) is 2.96. The van der Waals surface area contributed by atoms with Gasteiger partial charge in [0.05, 0.1) is 5.69 Å². The Kier molecular flexibility index (Phi) is 5.60. The van der Waals surface area contributed by atoms with Crippen molar-refractivity contribution in [3.05, 3.63) is 126 Å². The van der Waals surface area contributed by atoms with Gasteiger partial charge in [0.2, 0.25) is 5.90 Å². The van der Waals surface area contributed by atoms with E-state index >= 15 is 0 Å². The maximum absolute atomic E-state index is 6.11. The number of nitrogens with zero attached hydrogens (tertiary/aromatic N) is 1. The Balaban J connectivity index is 1.62. The number of hydrogen-bond acceptors (Lipinski definition) is 2. The third kappa shape index (κ3) is 4.54. The number of aliphatic imine (C=N–C) groups is 1. The lowest BCUT2D eigenvalue weighted by molar-refractivity contribution is 0.294. The highest BCUT2D eigenvalue weighted by Gasteiger charge is 2.07. The molecular weight excluding hydrogens is 342 g/mol. The van der Waals surface area contributed by atoms with Crippen LogP contribution in [0.4, 0.5) is 5.69 Å². The van der Waals surface area contributed by atoms with E-state index < -0.39 is 0 Å². The first-order valence-corrected chi connectivity index (χ1v) is 9.35. The SMILES string of the molecule is c1ccc(CO/C(=N\c2ccccc2)c2ccc(-c3ccccc3)cc2)cc1. The molecule has 0 saturated heterocycles. The van der Waals surface area contributed by atoms with Crippen LogP contribution in [-0.2, 0) is 11.3 Å². The number of benzene rings is 4. The molecule has 0 aliphatic rings. The van der Waals surface area contributed by atoms with Crippen molar-refractivity contribution in [2.45, 2.75) is 6.61 Å². The summed E-state index contributed by atoms with van der Waals surface area (Å²) in [6, 6.07) is 38.7. The summed E-state index contributed by atoms with van der Waals surface area (Å²) in [5, 5.41) is 0. The second-order valence-corrected chi connectivity index (χ2v) is 6.47. The van der Waals surface area contributed by atoms with Crippen LogP contribution >= 0.6 is 0 Å². The van der Waals surface area contributed by atoms with Gasteiger partial charge in [-0.05, 0) is 41.0 Å². The molecule has 0 saturated carbocycles. The van der Waals surface area contributed by atoms with Crippen LogP contribution in [0.1, 0.15) is 11.1 Å². The zero-order valence-corrected chi connectivity index (χ0v) is 15.5. The molecule has 0 unspecified atom stereocenters. The Morgan fingerprint density at radius 3 is 1.75 bits per heavy atom. The molecule has 0 heterocycles. The zero-order valence-electron chi connectivity index (χ0n) is 15.5. The summed E-state index contributed by atoms with van der Waals surface area (Å²) >= 11 is 0. The lowest BCUT2D eigenvalue weighted by Crippen LogP contribution is -2.07. The fourth-order valence-electron chi connectivity index (χ4n) is 2.96. The van der Waals surface area contributed by atoms with Crippen LogP contribution in [-0.4, -0.2) is 5.90 Å². The minimum atomic E-state index is 0.479. The summed E-state index contributed by atoms with van der Waals surface area (Å²) in [4.78, 5) is 4.74. The van der Waals surface area contributed by atoms with E-state index in [1.54, 1.807) is 0 Å². The maximum Gasteiger partial charge on any atom is 0.221 e. The molecule has 4 rings (SSSR count). The Labute approximate surface area is 165 Å². The highest BCUT2D eigenvalue weighted by molar-refractivity contribution is 5.96. The van der Waals surface area contributed by atoms with Crippen molar-refractivity contribution in [3.8, 4) is 11.1 Å². The highest BCUT2D eigenvalue weighted by atomic mass is 16.5. The van der Waals surface area contributed by atoms with Gasteiger partial charge in [-0.15, -0.1) is 0 Å². The molecule has 0 aromatic heterocycles. The van der Waals surface area contributed by atoms with Gasteiger partial charge in [0, 0.05) is 5.56 Å². The van der Waals surface area contributed by atoms with Gasteiger partial charge >= 0.3 is 0 Å². The molecule has 2 heteroatoms. The quantitative estimate of drug-likeness (QED) is 0.287. The van der Waals surface area contributed by atoms with Gasteiger partial charge in [-0.1, -0.05) is 91.0 Å². The van der Waals surface area contributed by atoms with Gasteiger partial charge in [0.1, 0.15) is 6.61 Å². The molecule has 0 amide bonds. The zero-order chi connectivity index (χ0) is 19.0. The van der Waals surface area contributed by atoms with Gasteiger partial charge in [-0.25, -0.2) is 4.99 Å². The van der Waals surface area contributed by atoms with Crippen LogP contribution in [0.2, 0.25) is 0 Å². The fraction of sp³-hybridized carbons (Fsp3) is 0.0385. The average Bonchev–Trinajstić information content (AvgIpc) is 2.79. The van der Waals surface area contributed by atoms with E-state index in [-0.39, 0.29) is 0 Å². The molecule has 28 heavy (non-hydrogen) atoms. The second-order valence-electron chi connectivity index (χ2n) is 6.47. The molecule has 136 valence electrons. The molecule has 4 aromatic carbocycles. The van der Waals surface area contributed by atoms with Crippen LogP contribution in [0.3, 0.4) is 0 Å². The number of ether oxygens (including phenoxy) is 1. The minimum absolute atomic E-state index is 0.479. The molecule has 0 bridgehead atoms. The van der Waals surface area contributed by atoms with E-state index in [0.717, 1.165) is 16.8 Å². The van der Waals surface area contributed by atoms with E-state index in [2.05, 4.69) is 60.7 Å². The molecular formula is C26H21NO. The van der Waals surface area contributed by atoms with Gasteiger partial charge in [-0.2, -0.15) is 0 Å². The van der Waals surface area contributed by atoms with Crippen molar-refractivity contribution < 1.29 is 4.74 Å². The van der Waals surface area contributed by atoms with E-state index in [0.29, 0.717) is 12.5 Å². The van der Waals surface area contributed by atoms with Crippen molar-refractivity contribution in [3.63, 3.8) is 0 Å². The largest absolute Gasteiger partial charge is 0.472 e. The van der Waals surface area contributed by atoms with Crippen LogP contribution in [0.15, 0.2) is 120 Å². The summed E-state index contributed by atoms with van der Waals surface area (Å²) < 4.78 is 6.11. The summed E-state index contributed by atoms with van der Waals surface area (Å²) in [5.41, 5.74) is 5.31. The molecule has 4 aromatic rings. The first kappa shape index (κ1) is 17.7. The molecule has 0 N–H and O–H groups in total. The predicted octanol–water partition coefficient (Wildman–Crippen LogP) is 6.65. The molecule has 0 aliphatic carbocycles. The summed E-state index contributed by atoms with van der Waals surface area (Å²) in [5.74, 6) is 0.620. The number of rotatable bonds is 5. The van der Waals surface area contributed by atoms with Gasteiger partial charge in [0.15, 0.2) is 0 Å². The normalized spacial score (nSPS) is 11.2. The smallest absolute Gasteiger partial charge is 0.221 e. The van der Waals surface area contributed by atoms with Crippen molar-refractivity contribution in [1.29, 1.82) is 0 Å². The first-order chi connectivity index (χ1) is 13.9. The third-order valence-electron chi connectivity index (χ3n) is 4.44. The van der Waals surface area contributed by atoms with E-state index in [1.807, 2.05) is 54.6 Å². The first-order valence-electron chi connectivity index (χ1n) is 9.35. The van der Waals surface area contributed by atoms with Crippen LogP contribution in [0, 0.1) is 0 Å². The highest BCUT2D eigenvalue weighted by Crippen LogP contribution is 2.21. The molecule has 0 atom stereocenters. The van der Waals surface area contributed by atoms with Gasteiger partial charge in [0.25, 0.3) is 0 Å². The molecule has 0 radical (unpaired) electrons. The monoisotopic (exact) mass is 363 g/mol. The van der Waals surface area contributed by atoms with Crippen molar-refractivity contribution in [2.75, 3.05) is 0 Å². The Morgan fingerprint density at radius 1 is 0.571 bits per heavy atom. The lowest BCUT2D eigenvalue weighted by Gasteiger charge is -2.11. The number of hydrogen-bond donors (Lipinski definition) is 0. The molecule has 0 aliphatic heterocycles. The van der Waals surface area contributed by atoms with Crippen LogP contribution in [0.5, 0.6) is 0 Å². The van der Waals surface area contributed by atoms with Crippen molar-refractivity contribution >= 4 is 11.6 Å². The Morgan fingerprint density at radius 2 is 1.11 bits per heavy atom. The Bertz CT molecular complexity index is 1020. The predicted molar refractivity (Wildman–Crippen MR) is 116 cm³/mol. The maximum atomic E-state index is 6.11. The standard InChI is InChI=1S/C26H21NO/c1-4-10-21(11-5-1)20-28-26(27-25-14-8-3-9-15-25)24-18-16-23(17-19-24)22-12-6-2-7-13-22/h1-19H,20H2/b27-26-. The molecule has 0 fully saturated rings. The summed E-state index contributed by atoms with van der Waals surface area (Å²) in [7, 11) is 0. The van der Waals surface area contributed by atoms with Gasteiger partial charge in [-0.3, -0.25) is 0 Å². The topological polar surface area (TPSA) is 21.6 Å². The Hall–Kier alpha value is -3.65. The number of para-hydroxylation sites is 1. The molecule has 2 nitrogen and oxygen atoms in total. The van der Waals surface area contributed by atoms with Crippen molar-refractivity contribution in [2.24, 2.45) is 4.99 Å². The third-order valence-corrected chi connectivity index (χ3v) is 4.44. The minimum Gasteiger partial charge on any atom is -0.472 e. The average molecular weight is 363 g/mol. The van der Waals surface area contributed by atoms with E-state index in [4.69, 9.17) is 9.73 Å². The second kappa shape index (κ2) is 8.83. The van der Waals surface area contributed by atoms with Crippen molar-refractivity contribution in [1.82, 2.24) is 0 Å². The van der Waals surface area contributed by atoms with Crippen LogP contribution < -0.4 is 0 Å². The van der Waals surface area contributed by atoms with Crippen LogP contribution in [0.25, 0.3) is 11.1 Å². The lowest BCUT2D eigenvalue weighted by atomic mass is 10.0. The van der Waals surface area contributed by atoms with E-state index in [9.17, 15) is 0 Å². The summed E-state index contributed by atoms with van der Waals surface area (Å²) in [6.45, 7) is 0.479. The summed E-state index contributed by atoms with van der Waals surface area (Å²) in [6.07, 6.45) is 0. The molecule has 0 spiro atoms.